The van der Waals surface area contributed by atoms with Gasteiger partial charge in [0.05, 0.1) is 7.11 Å². The molecule has 0 saturated carbocycles. The van der Waals surface area contributed by atoms with Crippen LogP contribution < -0.4 is 5.73 Å². The van der Waals surface area contributed by atoms with Gasteiger partial charge in [0.2, 0.25) is 0 Å². The summed E-state index contributed by atoms with van der Waals surface area (Å²) in [5.74, 6) is -0.295. The Morgan fingerprint density at radius 3 is 2.33 bits per heavy atom. The molecule has 0 radical (unpaired) electrons. The minimum absolute atomic E-state index is 0.0379. The van der Waals surface area contributed by atoms with Crippen molar-refractivity contribution < 1.29 is 9.53 Å². The summed E-state index contributed by atoms with van der Waals surface area (Å²) in [6.07, 6.45) is 0.833. The number of rotatable bonds is 3. The van der Waals surface area contributed by atoms with Gasteiger partial charge >= 0.3 is 5.97 Å². The van der Waals surface area contributed by atoms with Gasteiger partial charge in [-0.3, -0.25) is 0 Å². The van der Waals surface area contributed by atoms with E-state index in [1.807, 2.05) is 13.8 Å². The van der Waals surface area contributed by atoms with Gasteiger partial charge in [0.15, 0.2) is 0 Å². The number of carbonyl (C=O) groups is 1. The van der Waals surface area contributed by atoms with E-state index in [9.17, 15) is 4.79 Å². The molecule has 0 aromatic carbocycles. The fourth-order valence-electron chi connectivity index (χ4n) is 0.898. The van der Waals surface area contributed by atoms with E-state index in [-0.39, 0.29) is 12.0 Å². The Morgan fingerprint density at radius 2 is 2.00 bits per heavy atom. The second-order valence-corrected chi connectivity index (χ2v) is 2.81. The van der Waals surface area contributed by atoms with Crippen molar-refractivity contribution in [3.63, 3.8) is 0 Å². The first-order valence-corrected chi connectivity index (χ1v) is 4.05. The van der Waals surface area contributed by atoms with Crippen LogP contribution in [-0.2, 0) is 9.53 Å². The molecule has 12 heavy (non-hydrogen) atoms. The molecule has 0 aliphatic carbocycles. The molecule has 0 saturated heterocycles. The molecule has 0 rings (SSSR count). The molecule has 0 aliphatic rings. The van der Waals surface area contributed by atoms with Crippen LogP contribution in [0.25, 0.3) is 0 Å². The van der Waals surface area contributed by atoms with E-state index in [2.05, 4.69) is 4.74 Å². The van der Waals surface area contributed by atoms with Gasteiger partial charge in [-0.25, -0.2) is 4.79 Å². The van der Waals surface area contributed by atoms with E-state index < -0.39 is 0 Å². The molecule has 0 aliphatic heterocycles. The summed E-state index contributed by atoms with van der Waals surface area (Å²) in [6.45, 7) is 5.58. The molecular weight excluding hydrogens is 154 g/mol. The molecule has 1 unspecified atom stereocenters. The normalized spacial score (nSPS) is 15.1. The minimum Gasteiger partial charge on any atom is -0.466 e. The Kier molecular flexibility index (Phi) is 4.59. The maximum absolute atomic E-state index is 11.0. The van der Waals surface area contributed by atoms with Crippen molar-refractivity contribution in [2.45, 2.75) is 33.2 Å². The fourth-order valence-corrected chi connectivity index (χ4v) is 0.898. The quantitative estimate of drug-likeness (QED) is 0.513. The van der Waals surface area contributed by atoms with Crippen LogP contribution >= 0.6 is 0 Å². The molecule has 0 heterocycles. The highest BCUT2D eigenvalue weighted by atomic mass is 16.5. The van der Waals surface area contributed by atoms with Gasteiger partial charge < -0.3 is 10.5 Å². The Balaban J connectivity index is 4.56. The second kappa shape index (κ2) is 4.93. The molecule has 0 aromatic rings. The predicted octanol–water partition coefficient (Wildman–Crippen LogP) is 1.23. The topological polar surface area (TPSA) is 52.3 Å². The Hall–Kier alpha value is -0.830. The largest absolute Gasteiger partial charge is 0.466 e. The first-order valence-electron chi connectivity index (χ1n) is 4.05. The van der Waals surface area contributed by atoms with Crippen molar-refractivity contribution in [2.75, 3.05) is 7.11 Å². The lowest BCUT2D eigenvalue weighted by Gasteiger charge is -2.11. The van der Waals surface area contributed by atoms with E-state index in [1.165, 1.54) is 7.11 Å². The SMILES string of the molecule is CCC(N)C(C)=C(C)C(=O)OC. The number of hydrogen-bond acceptors (Lipinski definition) is 3. The van der Waals surface area contributed by atoms with Gasteiger partial charge in [-0.05, 0) is 25.8 Å². The average Bonchev–Trinajstić information content (AvgIpc) is 2.12. The highest BCUT2D eigenvalue weighted by Gasteiger charge is 2.11. The van der Waals surface area contributed by atoms with E-state index in [0.717, 1.165) is 12.0 Å². The summed E-state index contributed by atoms with van der Waals surface area (Å²) in [4.78, 5) is 11.0. The second-order valence-electron chi connectivity index (χ2n) is 2.81. The lowest BCUT2D eigenvalue weighted by atomic mass is 10.0. The first kappa shape index (κ1) is 11.2. The molecule has 2 N–H and O–H groups in total. The molecule has 3 nitrogen and oxygen atoms in total. The maximum atomic E-state index is 11.0. The summed E-state index contributed by atoms with van der Waals surface area (Å²) in [5.41, 5.74) is 7.27. The molecule has 0 fully saturated rings. The number of nitrogens with two attached hydrogens (primary N) is 1. The zero-order valence-corrected chi connectivity index (χ0v) is 8.18. The number of esters is 1. The summed E-state index contributed by atoms with van der Waals surface area (Å²) in [7, 11) is 1.37. The first-order chi connectivity index (χ1) is 5.54. The summed E-state index contributed by atoms with van der Waals surface area (Å²) >= 11 is 0. The third-order valence-corrected chi connectivity index (χ3v) is 2.08. The number of hydrogen-bond donors (Lipinski definition) is 1. The van der Waals surface area contributed by atoms with Gasteiger partial charge in [0.1, 0.15) is 0 Å². The van der Waals surface area contributed by atoms with Crippen molar-refractivity contribution in [1.82, 2.24) is 0 Å². The van der Waals surface area contributed by atoms with E-state index in [1.54, 1.807) is 6.92 Å². The summed E-state index contributed by atoms with van der Waals surface area (Å²) < 4.78 is 4.58. The standard InChI is InChI=1S/C9H17NO2/c1-5-8(10)6(2)7(3)9(11)12-4/h8H,5,10H2,1-4H3. The van der Waals surface area contributed by atoms with Gasteiger partial charge in [-0.15, -0.1) is 0 Å². The molecule has 0 amide bonds. The third kappa shape index (κ3) is 2.66. The van der Waals surface area contributed by atoms with Gasteiger partial charge in [0.25, 0.3) is 0 Å². The third-order valence-electron chi connectivity index (χ3n) is 2.08. The smallest absolute Gasteiger partial charge is 0.333 e. The molecule has 1 atom stereocenters. The van der Waals surface area contributed by atoms with Gasteiger partial charge in [-0.2, -0.15) is 0 Å². The Bertz CT molecular complexity index is 197. The van der Waals surface area contributed by atoms with Crippen molar-refractivity contribution >= 4 is 5.97 Å². The monoisotopic (exact) mass is 171 g/mol. The van der Waals surface area contributed by atoms with E-state index >= 15 is 0 Å². The number of ether oxygens (including phenoxy) is 1. The molecule has 3 heteroatoms. The van der Waals surface area contributed by atoms with Crippen molar-refractivity contribution in [2.24, 2.45) is 5.73 Å². The zero-order chi connectivity index (χ0) is 9.72. The van der Waals surface area contributed by atoms with Crippen LogP contribution in [0, 0.1) is 0 Å². The van der Waals surface area contributed by atoms with Crippen LogP contribution in [0.2, 0.25) is 0 Å². The fraction of sp³-hybridized carbons (Fsp3) is 0.667. The summed E-state index contributed by atoms with van der Waals surface area (Å²) in [6, 6.07) is -0.0379. The van der Waals surface area contributed by atoms with Crippen LogP contribution in [0.1, 0.15) is 27.2 Å². The molecule has 0 spiro atoms. The van der Waals surface area contributed by atoms with Crippen LogP contribution in [0.5, 0.6) is 0 Å². The lowest BCUT2D eigenvalue weighted by Crippen LogP contribution is -2.22. The van der Waals surface area contributed by atoms with Crippen LogP contribution in [0.3, 0.4) is 0 Å². The number of carbonyl (C=O) groups excluding carboxylic acids is 1. The molecule has 70 valence electrons. The molecule has 0 bridgehead atoms. The maximum Gasteiger partial charge on any atom is 0.333 e. The van der Waals surface area contributed by atoms with Gasteiger partial charge in [0, 0.05) is 11.6 Å². The van der Waals surface area contributed by atoms with Crippen molar-refractivity contribution in [3.05, 3.63) is 11.1 Å². The molecule has 0 aromatic heterocycles. The minimum atomic E-state index is -0.295. The number of methoxy groups -OCH3 is 1. The molecular formula is C9H17NO2. The Labute approximate surface area is 73.6 Å². The van der Waals surface area contributed by atoms with Crippen molar-refractivity contribution in [3.8, 4) is 0 Å². The van der Waals surface area contributed by atoms with E-state index in [4.69, 9.17) is 5.73 Å². The highest BCUT2D eigenvalue weighted by Crippen LogP contribution is 2.10. The van der Waals surface area contributed by atoms with Gasteiger partial charge in [-0.1, -0.05) is 6.92 Å². The van der Waals surface area contributed by atoms with E-state index in [0.29, 0.717) is 5.57 Å². The summed E-state index contributed by atoms with van der Waals surface area (Å²) in [5, 5.41) is 0. The highest BCUT2D eigenvalue weighted by molar-refractivity contribution is 5.88. The Morgan fingerprint density at radius 1 is 1.50 bits per heavy atom. The lowest BCUT2D eigenvalue weighted by molar-refractivity contribution is -0.136. The van der Waals surface area contributed by atoms with Crippen LogP contribution in [0.15, 0.2) is 11.1 Å². The van der Waals surface area contributed by atoms with Crippen LogP contribution in [0.4, 0.5) is 0 Å². The van der Waals surface area contributed by atoms with Crippen molar-refractivity contribution in [1.29, 1.82) is 0 Å². The van der Waals surface area contributed by atoms with Crippen LogP contribution in [-0.4, -0.2) is 19.1 Å². The zero-order valence-electron chi connectivity index (χ0n) is 8.18. The predicted molar refractivity (Wildman–Crippen MR) is 48.7 cm³/mol. The average molecular weight is 171 g/mol.